The lowest BCUT2D eigenvalue weighted by atomic mass is 10.1. The molecule has 254 valence electrons. The van der Waals surface area contributed by atoms with E-state index in [9.17, 15) is 19.2 Å². The Morgan fingerprint density at radius 1 is 0.705 bits per heavy atom. The first-order chi connectivity index (χ1) is 21.3. The van der Waals surface area contributed by atoms with Gasteiger partial charge in [0.2, 0.25) is 11.8 Å². The Labute approximate surface area is 266 Å². The van der Waals surface area contributed by atoms with Gasteiger partial charge in [-0.2, -0.15) is 0 Å². The molecule has 4 N–H and O–H groups in total. The Hall–Kier alpha value is -2.68. The zero-order valence-corrected chi connectivity index (χ0v) is 27.7. The van der Waals surface area contributed by atoms with Gasteiger partial charge in [-0.15, -0.1) is 0 Å². The third kappa shape index (κ3) is 26.9. The number of amides is 2. The number of aliphatic carboxylic acids is 1. The first-order valence-corrected chi connectivity index (χ1v) is 17.2. The monoisotopic (exact) mass is 622 g/mol. The predicted molar refractivity (Wildman–Crippen MR) is 176 cm³/mol. The van der Waals surface area contributed by atoms with E-state index in [1.807, 2.05) is 6.08 Å². The average molecular weight is 623 g/mol. The van der Waals surface area contributed by atoms with Crippen LogP contribution >= 0.6 is 0 Å². The molecular weight excluding hydrogens is 560 g/mol. The van der Waals surface area contributed by atoms with Gasteiger partial charge in [0.25, 0.3) is 0 Å². The van der Waals surface area contributed by atoms with Crippen LogP contribution in [0.4, 0.5) is 0 Å². The molecular formula is C35H62N2O7. The largest absolute Gasteiger partial charge is 0.480 e. The van der Waals surface area contributed by atoms with Crippen molar-refractivity contribution in [3.05, 3.63) is 24.3 Å². The number of esters is 1. The number of carboxylic acid groups (broad SMARTS) is 1. The van der Waals surface area contributed by atoms with Gasteiger partial charge in [-0.1, -0.05) is 116 Å². The van der Waals surface area contributed by atoms with E-state index in [1.54, 1.807) is 0 Å². The van der Waals surface area contributed by atoms with Crippen LogP contribution in [0.1, 0.15) is 149 Å². The maximum Gasteiger partial charge on any atom is 0.328 e. The van der Waals surface area contributed by atoms with E-state index in [-0.39, 0.29) is 30.9 Å². The van der Waals surface area contributed by atoms with E-state index in [1.165, 1.54) is 64.2 Å². The minimum absolute atomic E-state index is 0.132. The maximum absolute atomic E-state index is 12.5. The molecule has 0 fully saturated rings. The molecule has 0 spiro atoms. The maximum atomic E-state index is 12.5. The number of aliphatic hydroxyl groups is 1. The fraction of sp³-hybridized carbons (Fsp3) is 0.771. The molecule has 0 aromatic rings. The van der Waals surface area contributed by atoms with Crippen LogP contribution in [0.2, 0.25) is 0 Å². The van der Waals surface area contributed by atoms with E-state index >= 15 is 0 Å². The third-order valence-electron chi connectivity index (χ3n) is 7.44. The number of rotatable bonds is 30. The summed E-state index contributed by atoms with van der Waals surface area (Å²) < 4.78 is 5.82. The highest BCUT2D eigenvalue weighted by atomic mass is 16.5. The molecule has 0 rings (SSSR count). The van der Waals surface area contributed by atoms with Crippen molar-refractivity contribution >= 4 is 23.8 Å². The van der Waals surface area contributed by atoms with Crippen molar-refractivity contribution in [1.29, 1.82) is 0 Å². The van der Waals surface area contributed by atoms with Crippen molar-refractivity contribution in [2.75, 3.05) is 13.2 Å². The molecule has 9 heteroatoms. The van der Waals surface area contributed by atoms with Crippen molar-refractivity contribution < 1.29 is 34.1 Å². The van der Waals surface area contributed by atoms with Gasteiger partial charge in [0, 0.05) is 12.8 Å². The van der Waals surface area contributed by atoms with Gasteiger partial charge in [-0.3, -0.25) is 14.4 Å². The van der Waals surface area contributed by atoms with E-state index in [0.717, 1.165) is 51.4 Å². The summed E-state index contributed by atoms with van der Waals surface area (Å²) in [5, 5.41) is 22.4. The van der Waals surface area contributed by atoms with Crippen LogP contribution in [0.25, 0.3) is 0 Å². The number of carbonyl (C=O) groups excluding carboxylic acids is 3. The van der Waals surface area contributed by atoms with Crippen LogP contribution in [0.5, 0.6) is 0 Å². The fourth-order valence-corrected chi connectivity index (χ4v) is 4.71. The van der Waals surface area contributed by atoms with Gasteiger partial charge in [-0.05, 0) is 44.6 Å². The molecule has 2 atom stereocenters. The van der Waals surface area contributed by atoms with Crippen molar-refractivity contribution in [1.82, 2.24) is 10.6 Å². The molecule has 0 heterocycles. The number of unbranched alkanes of at least 4 members (excludes halogenated alkanes) is 14. The summed E-state index contributed by atoms with van der Waals surface area (Å²) in [7, 11) is 0. The van der Waals surface area contributed by atoms with Crippen molar-refractivity contribution in [3.8, 4) is 0 Å². The number of carboxylic acids is 1. The van der Waals surface area contributed by atoms with Crippen molar-refractivity contribution in [3.63, 3.8) is 0 Å². The second kappa shape index (κ2) is 30.4. The zero-order chi connectivity index (χ0) is 32.7. The van der Waals surface area contributed by atoms with Crippen molar-refractivity contribution in [2.45, 2.75) is 161 Å². The Morgan fingerprint density at radius 3 is 1.91 bits per heavy atom. The summed E-state index contributed by atoms with van der Waals surface area (Å²) in [6, 6.07) is -1.39. The Morgan fingerprint density at radius 2 is 1.30 bits per heavy atom. The lowest BCUT2D eigenvalue weighted by Gasteiger charge is -2.15. The van der Waals surface area contributed by atoms with Crippen LogP contribution in [0.3, 0.4) is 0 Å². The summed E-state index contributed by atoms with van der Waals surface area (Å²) in [4.78, 5) is 47.1. The van der Waals surface area contributed by atoms with Gasteiger partial charge in [0.1, 0.15) is 12.1 Å². The van der Waals surface area contributed by atoms with E-state index in [0.29, 0.717) is 12.8 Å². The smallest absolute Gasteiger partial charge is 0.328 e. The van der Waals surface area contributed by atoms with E-state index in [2.05, 4.69) is 42.7 Å². The molecule has 0 aromatic carbocycles. The van der Waals surface area contributed by atoms with Gasteiger partial charge in [-0.25, -0.2) is 4.79 Å². The first-order valence-electron chi connectivity index (χ1n) is 17.2. The average Bonchev–Trinajstić information content (AvgIpc) is 3.00. The molecule has 0 saturated carbocycles. The summed E-state index contributed by atoms with van der Waals surface area (Å²) in [6.07, 6.45) is 29.4. The van der Waals surface area contributed by atoms with E-state index < -0.39 is 24.5 Å². The number of ether oxygens (including phenoxy) is 1. The van der Waals surface area contributed by atoms with Gasteiger partial charge in [0.15, 0.2) is 0 Å². The fourth-order valence-electron chi connectivity index (χ4n) is 4.71. The minimum atomic E-state index is -1.39. The van der Waals surface area contributed by atoms with Gasteiger partial charge < -0.3 is 25.6 Å². The van der Waals surface area contributed by atoms with Crippen LogP contribution < -0.4 is 10.6 Å². The molecule has 0 aromatic heterocycles. The molecule has 0 radical (unpaired) electrons. The highest BCUT2D eigenvalue weighted by Gasteiger charge is 2.18. The lowest BCUT2D eigenvalue weighted by Crippen LogP contribution is -2.47. The number of aliphatic hydroxyl groups excluding tert-OH is 1. The summed E-state index contributed by atoms with van der Waals surface area (Å²) in [5.74, 6) is -2.43. The first kappa shape index (κ1) is 41.3. The molecule has 0 aliphatic carbocycles. The van der Waals surface area contributed by atoms with Crippen LogP contribution in [-0.4, -0.2) is 59.3 Å². The topological polar surface area (TPSA) is 142 Å². The molecule has 2 amide bonds. The van der Waals surface area contributed by atoms with Gasteiger partial charge >= 0.3 is 11.9 Å². The molecule has 0 saturated heterocycles. The molecule has 2 unspecified atom stereocenters. The van der Waals surface area contributed by atoms with E-state index in [4.69, 9.17) is 14.9 Å². The Balaban J connectivity index is 4.33. The number of hydrogen-bond donors (Lipinski definition) is 4. The van der Waals surface area contributed by atoms with Crippen molar-refractivity contribution in [2.24, 2.45) is 0 Å². The molecule has 0 aliphatic rings. The van der Waals surface area contributed by atoms with Crippen LogP contribution in [0.15, 0.2) is 24.3 Å². The standard InChI is InChI=1S/C35H62N2O7/c1-3-5-7-9-11-12-13-15-17-23-27-34(41)44-30(24-20-16-14-10-8-6-4-2)25-21-18-19-22-26-32(39)36-28-33(40)37-31(29-38)35(42)43/h10,14,20,24,30-31,38H,3-9,11-13,15-19,21-23,25-29H2,1-2H3,(H,36,39)(H,37,40)(H,42,43)/b14-10-,24-20-. The van der Waals surface area contributed by atoms with Gasteiger partial charge in [0.05, 0.1) is 13.2 Å². The Kier molecular flexibility index (Phi) is 28.5. The number of allylic oxidation sites excluding steroid dienone is 3. The molecule has 0 aliphatic heterocycles. The lowest BCUT2D eigenvalue weighted by molar-refractivity contribution is -0.147. The number of nitrogens with one attached hydrogen (secondary N) is 2. The highest BCUT2D eigenvalue weighted by Crippen LogP contribution is 2.15. The highest BCUT2D eigenvalue weighted by molar-refractivity contribution is 5.87. The summed E-state index contributed by atoms with van der Waals surface area (Å²) in [5.41, 5.74) is 0. The third-order valence-corrected chi connectivity index (χ3v) is 7.44. The number of carbonyl (C=O) groups is 4. The molecule has 9 nitrogen and oxygen atoms in total. The second-order valence-electron chi connectivity index (χ2n) is 11.6. The Bertz CT molecular complexity index is 813. The molecule has 44 heavy (non-hydrogen) atoms. The number of hydrogen-bond acceptors (Lipinski definition) is 6. The normalized spacial score (nSPS) is 12.8. The second-order valence-corrected chi connectivity index (χ2v) is 11.6. The van der Waals surface area contributed by atoms with Crippen LogP contribution in [0, 0.1) is 0 Å². The summed E-state index contributed by atoms with van der Waals surface area (Å²) >= 11 is 0. The predicted octanol–water partition coefficient (Wildman–Crippen LogP) is 6.92. The quantitative estimate of drug-likeness (QED) is 0.0387. The zero-order valence-electron chi connectivity index (χ0n) is 27.7. The SMILES string of the molecule is CCCC/C=C\C/C=C\C(CCCCCCC(=O)NCC(=O)NC(CO)C(=O)O)OC(=O)CCCCCCCCCCCC. The minimum Gasteiger partial charge on any atom is -0.480 e. The summed E-state index contributed by atoms with van der Waals surface area (Å²) in [6.45, 7) is 3.36. The molecule has 0 bridgehead atoms. The van der Waals surface area contributed by atoms with Crippen LogP contribution in [-0.2, 0) is 23.9 Å².